The molecule has 1 rings (SSSR count). The molecule has 0 aliphatic heterocycles. The Morgan fingerprint density at radius 3 is 2.00 bits per heavy atom. The number of rotatable bonds is 3. The van der Waals surface area contributed by atoms with Crippen LogP contribution in [0.3, 0.4) is 0 Å². The lowest BCUT2D eigenvalue weighted by molar-refractivity contribution is 0.623. The fourth-order valence-electron chi connectivity index (χ4n) is 1.79. The van der Waals surface area contributed by atoms with Crippen LogP contribution in [0.2, 0.25) is 0 Å². The molecule has 0 aromatic carbocycles. The number of aromatic nitrogens is 2. The second-order valence-corrected chi connectivity index (χ2v) is 4.98. The quantitative estimate of drug-likeness (QED) is 0.757. The van der Waals surface area contributed by atoms with E-state index in [0.717, 1.165) is 29.2 Å². The summed E-state index contributed by atoms with van der Waals surface area (Å²) in [5.74, 6) is 1.10. The molecule has 0 aliphatic rings. The second-order valence-electron chi connectivity index (χ2n) is 4.98. The Labute approximate surface area is 93.2 Å². The normalized spacial score (nSPS) is 11.5. The average molecular weight is 206 g/mol. The van der Waals surface area contributed by atoms with Crippen LogP contribution in [0.15, 0.2) is 0 Å². The molecule has 0 N–H and O–H groups in total. The van der Waals surface area contributed by atoms with Gasteiger partial charge < -0.3 is 0 Å². The minimum absolute atomic E-state index is 0.462. The van der Waals surface area contributed by atoms with Crippen LogP contribution < -0.4 is 0 Å². The van der Waals surface area contributed by atoms with Crippen LogP contribution >= 0.6 is 0 Å². The first-order valence-electron chi connectivity index (χ1n) is 5.75. The van der Waals surface area contributed by atoms with Gasteiger partial charge in [-0.2, -0.15) is 0 Å². The van der Waals surface area contributed by atoms with Crippen LogP contribution in [0.5, 0.6) is 0 Å². The highest BCUT2D eigenvalue weighted by atomic mass is 14.8. The number of hydrogen-bond acceptors (Lipinski definition) is 2. The zero-order chi connectivity index (χ0) is 11.6. The summed E-state index contributed by atoms with van der Waals surface area (Å²) in [6.07, 6.45) is 1.03. The number of hydrogen-bond donors (Lipinski definition) is 0. The monoisotopic (exact) mass is 206 g/mol. The fourth-order valence-corrected chi connectivity index (χ4v) is 1.79. The molecule has 0 atom stereocenters. The minimum Gasteiger partial charge on any atom is -0.254 e. The van der Waals surface area contributed by atoms with Gasteiger partial charge in [0.2, 0.25) is 0 Å². The van der Waals surface area contributed by atoms with Crippen molar-refractivity contribution >= 4 is 0 Å². The molecule has 1 aromatic rings. The first-order chi connectivity index (χ1) is 6.91. The van der Waals surface area contributed by atoms with E-state index in [9.17, 15) is 0 Å². The van der Waals surface area contributed by atoms with Gasteiger partial charge in [-0.05, 0) is 32.1 Å². The molecule has 0 saturated carbocycles. The summed E-state index contributed by atoms with van der Waals surface area (Å²) in [6.45, 7) is 12.9. The van der Waals surface area contributed by atoms with Crippen molar-refractivity contribution in [2.45, 2.75) is 53.9 Å². The van der Waals surface area contributed by atoms with Crippen LogP contribution in [0.4, 0.5) is 0 Å². The lowest BCUT2D eigenvalue weighted by Crippen LogP contribution is -2.08. The van der Waals surface area contributed by atoms with Crippen molar-refractivity contribution in [3.63, 3.8) is 0 Å². The van der Waals surface area contributed by atoms with Crippen LogP contribution in [0.25, 0.3) is 0 Å². The molecule has 1 aromatic heterocycles. The summed E-state index contributed by atoms with van der Waals surface area (Å²) < 4.78 is 0. The van der Waals surface area contributed by atoms with E-state index in [1.165, 1.54) is 0 Å². The number of nitrogens with zero attached hydrogens (tertiary/aromatic N) is 2. The second kappa shape index (κ2) is 4.73. The molecule has 0 amide bonds. The van der Waals surface area contributed by atoms with Gasteiger partial charge in [0.15, 0.2) is 0 Å². The van der Waals surface area contributed by atoms with E-state index in [4.69, 9.17) is 0 Å². The summed E-state index contributed by atoms with van der Waals surface area (Å²) >= 11 is 0. The zero-order valence-electron chi connectivity index (χ0n) is 10.8. The lowest BCUT2D eigenvalue weighted by Gasteiger charge is -2.13. The highest BCUT2D eigenvalue weighted by Crippen LogP contribution is 2.18. The Morgan fingerprint density at radius 2 is 1.53 bits per heavy atom. The molecule has 2 heteroatoms. The molecule has 15 heavy (non-hydrogen) atoms. The van der Waals surface area contributed by atoms with Gasteiger partial charge in [-0.3, -0.25) is 9.97 Å². The Bertz CT molecular complexity index is 341. The van der Waals surface area contributed by atoms with Gasteiger partial charge in [-0.15, -0.1) is 0 Å². The molecule has 2 nitrogen and oxygen atoms in total. The van der Waals surface area contributed by atoms with E-state index in [2.05, 4.69) is 51.5 Å². The summed E-state index contributed by atoms with van der Waals surface area (Å²) in [5, 5.41) is 0. The van der Waals surface area contributed by atoms with Gasteiger partial charge in [0.1, 0.15) is 0 Å². The van der Waals surface area contributed by atoms with Gasteiger partial charge in [0.05, 0.1) is 22.8 Å². The first kappa shape index (κ1) is 12.2. The van der Waals surface area contributed by atoms with E-state index in [0.29, 0.717) is 11.8 Å². The highest BCUT2D eigenvalue weighted by Gasteiger charge is 2.11. The van der Waals surface area contributed by atoms with Crippen molar-refractivity contribution in [2.75, 3.05) is 0 Å². The van der Waals surface area contributed by atoms with Crippen LogP contribution in [0.1, 0.15) is 56.4 Å². The average Bonchev–Trinajstić information content (AvgIpc) is 2.09. The third-order valence-corrected chi connectivity index (χ3v) is 2.53. The summed E-state index contributed by atoms with van der Waals surface area (Å²) in [6, 6.07) is 0. The Hall–Kier alpha value is -0.920. The van der Waals surface area contributed by atoms with Gasteiger partial charge in [-0.25, -0.2) is 0 Å². The summed E-state index contributed by atoms with van der Waals surface area (Å²) in [4.78, 5) is 9.33. The van der Waals surface area contributed by atoms with Crippen molar-refractivity contribution < 1.29 is 0 Å². The van der Waals surface area contributed by atoms with Crippen LogP contribution in [-0.4, -0.2) is 9.97 Å². The molecule has 0 unspecified atom stereocenters. The predicted molar refractivity (Wildman–Crippen MR) is 64.1 cm³/mol. The van der Waals surface area contributed by atoms with Crippen molar-refractivity contribution in [2.24, 2.45) is 5.92 Å². The third-order valence-electron chi connectivity index (χ3n) is 2.53. The van der Waals surface area contributed by atoms with Gasteiger partial charge >= 0.3 is 0 Å². The van der Waals surface area contributed by atoms with E-state index in [1.54, 1.807) is 0 Å². The van der Waals surface area contributed by atoms with Crippen molar-refractivity contribution in [3.8, 4) is 0 Å². The Balaban J connectivity index is 3.08. The maximum atomic E-state index is 4.67. The first-order valence-corrected chi connectivity index (χ1v) is 5.75. The van der Waals surface area contributed by atoms with E-state index < -0.39 is 0 Å². The molecule has 0 bridgehead atoms. The summed E-state index contributed by atoms with van der Waals surface area (Å²) in [7, 11) is 0. The maximum absolute atomic E-state index is 4.67. The molecule has 0 spiro atoms. The van der Waals surface area contributed by atoms with Gasteiger partial charge in [0, 0.05) is 0 Å². The molecule has 0 radical (unpaired) electrons. The number of aryl methyl sites for hydroxylation is 2. The van der Waals surface area contributed by atoms with Gasteiger partial charge in [0.25, 0.3) is 0 Å². The fraction of sp³-hybridized carbons (Fsp3) is 0.692. The zero-order valence-corrected chi connectivity index (χ0v) is 10.8. The smallest absolute Gasteiger partial charge is 0.0644 e. The van der Waals surface area contributed by atoms with Crippen molar-refractivity contribution in [1.29, 1.82) is 0 Å². The molecular weight excluding hydrogens is 184 g/mol. The van der Waals surface area contributed by atoms with E-state index in [-0.39, 0.29) is 0 Å². The summed E-state index contributed by atoms with van der Waals surface area (Å²) in [5.41, 5.74) is 4.48. The van der Waals surface area contributed by atoms with Crippen LogP contribution in [0, 0.1) is 19.8 Å². The third kappa shape index (κ3) is 3.01. The molecule has 0 aliphatic carbocycles. The van der Waals surface area contributed by atoms with Crippen molar-refractivity contribution in [1.82, 2.24) is 9.97 Å². The molecule has 1 heterocycles. The molecular formula is C13H22N2. The maximum Gasteiger partial charge on any atom is 0.0644 e. The SMILES string of the molecule is Cc1nc(C(C)C)c(C)nc1CC(C)C. The standard InChI is InChI=1S/C13H22N2/c1-8(2)7-12-10(5)15-13(9(3)4)11(6)14-12/h8-9H,7H2,1-6H3. The Kier molecular flexibility index (Phi) is 3.83. The van der Waals surface area contributed by atoms with Crippen LogP contribution in [-0.2, 0) is 6.42 Å². The Morgan fingerprint density at radius 1 is 0.933 bits per heavy atom. The topological polar surface area (TPSA) is 25.8 Å². The van der Waals surface area contributed by atoms with Crippen molar-refractivity contribution in [3.05, 3.63) is 22.8 Å². The molecule has 0 saturated heterocycles. The minimum atomic E-state index is 0.462. The molecule has 0 fully saturated rings. The lowest BCUT2D eigenvalue weighted by atomic mass is 10.0. The largest absolute Gasteiger partial charge is 0.254 e. The van der Waals surface area contributed by atoms with E-state index >= 15 is 0 Å². The molecule has 84 valence electrons. The predicted octanol–water partition coefficient (Wildman–Crippen LogP) is 3.42. The van der Waals surface area contributed by atoms with Gasteiger partial charge in [-0.1, -0.05) is 27.7 Å². The highest BCUT2D eigenvalue weighted by molar-refractivity contribution is 5.21. The van der Waals surface area contributed by atoms with E-state index in [1.807, 2.05) is 0 Å².